The summed E-state index contributed by atoms with van der Waals surface area (Å²) in [5.41, 5.74) is 1.18. The van der Waals surface area contributed by atoms with Crippen molar-refractivity contribution in [3.63, 3.8) is 0 Å². The minimum Gasteiger partial charge on any atom is -0.497 e. The molecule has 0 atom stereocenters. The fraction of sp³-hybridized carbons (Fsp3) is 0.158. The van der Waals surface area contributed by atoms with Gasteiger partial charge >= 0.3 is 5.97 Å². The van der Waals surface area contributed by atoms with Crippen molar-refractivity contribution in [2.75, 3.05) is 13.7 Å². The maximum absolute atomic E-state index is 12.9. The molecule has 1 N–H and O–H groups in total. The van der Waals surface area contributed by atoms with Crippen LogP contribution in [0.5, 0.6) is 5.75 Å². The third-order valence-electron chi connectivity index (χ3n) is 4.00. The van der Waals surface area contributed by atoms with Gasteiger partial charge in [-0.2, -0.15) is 4.31 Å². The molecule has 0 fully saturated rings. The molecule has 7 nitrogen and oxygen atoms in total. The molecule has 148 valence electrons. The van der Waals surface area contributed by atoms with Gasteiger partial charge in [0.15, 0.2) is 0 Å². The molecule has 0 aliphatic carbocycles. The van der Waals surface area contributed by atoms with E-state index in [1.165, 1.54) is 31.4 Å². The maximum Gasteiger partial charge on any atom is 0.318 e. The van der Waals surface area contributed by atoms with Crippen LogP contribution in [-0.4, -0.2) is 42.4 Å². The standard InChI is InChI=1S/C19H18N2O5S.ClH/c1-26-16-8-10-17(11-9-16)27(24,25)21(13-19(22)23)12-15-7-6-14-4-2-3-5-18(14)20-15;/h2-11H,12-13H2,1H3,(H,22,23);1H. The quantitative estimate of drug-likeness (QED) is 0.628. The van der Waals surface area contributed by atoms with E-state index >= 15 is 0 Å². The minimum atomic E-state index is -4.02. The molecule has 2 aromatic carbocycles. The van der Waals surface area contributed by atoms with Crippen molar-refractivity contribution in [2.45, 2.75) is 11.4 Å². The predicted octanol–water partition coefficient (Wildman–Crippen LogP) is 2.94. The van der Waals surface area contributed by atoms with E-state index in [0.717, 1.165) is 9.69 Å². The highest BCUT2D eigenvalue weighted by Crippen LogP contribution is 2.21. The molecule has 0 spiro atoms. The number of ether oxygens (including phenoxy) is 1. The fourth-order valence-electron chi connectivity index (χ4n) is 2.65. The van der Waals surface area contributed by atoms with Gasteiger partial charge in [-0.05, 0) is 36.4 Å². The Morgan fingerprint density at radius 3 is 2.39 bits per heavy atom. The van der Waals surface area contributed by atoms with Crippen LogP contribution in [0.15, 0.2) is 65.6 Å². The lowest BCUT2D eigenvalue weighted by Gasteiger charge is -2.20. The number of rotatable bonds is 7. The van der Waals surface area contributed by atoms with Gasteiger partial charge in [-0.15, -0.1) is 12.4 Å². The van der Waals surface area contributed by atoms with Crippen molar-refractivity contribution < 1.29 is 23.1 Å². The third kappa shape index (κ3) is 4.78. The summed E-state index contributed by atoms with van der Waals surface area (Å²) in [5.74, 6) is -0.734. The average Bonchev–Trinajstić information content (AvgIpc) is 2.67. The van der Waals surface area contributed by atoms with Gasteiger partial charge in [0.2, 0.25) is 10.0 Å². The Labute approximate surface area is 169 Å². The van der Waals surface area contributed by atoms with Crippen LogP contribution in [0.1, 0.15) is 5.69 Å². The van der Waals surface area contributed by atoms with Gasteiger partial charge in [0, 0.05) is 5.39 Å². The highest BCUT2D eigenvalue weighted by molar-refractivity contribution is 7.89. The number of nitrogens with zero attached hydrogens (tertiary/aromatic N) is 2. The molecule has 0 bridgehead atoms. The number of sulfonamides is 1. The summed E-state index contributed by atoms with van der Waals surface area (Å²) in [5, 5.41) is 10.1. The lowest BCUT2D eigenvalue weighted by molar-refractivity contribution is -0.137. The van der Waals surface area contributed by atoms with E-state index in [1.807, 2.05) is 30.3 Å². The first-order valence-corrected chi connectivity index (χ1v) is 9.55. The number of carboxylic acid groups (broad SMARTS) is 1. The van der Waals surface area contributed by atoms with Gasteiger partial charge in [0.05, 0.1) is 29.8 Å². The van der Waals surface area contributed by atoms with Gasteiger partial charge in [-0.1, -0.05) is 24.3 Å². The predicted molar refractivity (Wildman–Crippen MR) is 107 cm³/mol. The average molecular weight is 423 g/mol. The summed E-state index contributed by atoms with van der Waals surface area (Å²) in [4.78, 5) is 15.7. The van der Waals surface area contributed by atoms with Crippen LogP contribution in [0.25, 0.3) is 10.9 Å². The molecule has 1 heterocycles. The van der Waals surface area contributed by atoms with Gasteiger partial charge in [-0.25, -0.2) is 8.42 Å². The second kappa shape index (κ2) is 9.01. The highest BCUT2D eigenvalue weighted by atomic mass is 35.5. The fourth-order valence-corrected chi connectivity index (χ4v) is 4.01. The molecule has 0 unspecified atom stereocenters. The lowest BCUT2D eigenvalue weighted by atomic mass is 10.2. The summed E-state index contributed by atoms with van der Waals surface area (Å²) < 4.78 is 31.8. The van der Waals surface area contributed by atoms with Gasteiger partial charge in [0.25, 0.3) is 0 Å². The van der Waals surface area contributed by atoms with Gasteiger partial charge in [0.1, 0.15) is 12.3 Å². The number of benzene rings is 2. The molecule has 0 amide bonds. The topological polar surface area (TPSA) is 96.8 Å². The Kier molecular flexibility index (Phi) is 6.95. The number of carbonyl (C=O) groups is 1. The van der Waals surface area contributed by atoms with Crippen molar-refractivity contribution >= 4 is 39.3 Å². The van der Waals surface area contributed by atoms with Crippen LogP contribution in [0.4, 0.5) is 0 Å². The summed E-state index contributed by atoms with van der Waals surface area (Å²) in [7, 11) is -2.54. The molecule has 1 aromatic heterocycles. The molecular formula is C19H19ClN2O5S. The van der Waals surface area contributed by atoms with Crippen LogP contribution >= 0.6 is 12.4 Å². The summed E-state index contributed by atoms with van der Waals surface area (Å²) in [6.07, 6.45) is 0. The Hall–Kier alpha value is -2.68. The molecule has 3 aromatic rings. The molecule has 0 saturated carbocycles. The number of pyridine rings is 1. The maximum atomic E-state index is 12.9. The highest BCUT2D eigenvalue weighted by Gasteiger charge is 2.27. The van der Waals surface area contributed by atoms with Crippen LogP contribution in [0, 0.1) is 0 Å². The number of aliphatic carboxylic acids is 1. The van der Waals surface area contributed by atoms with E-state index in [4.69, 9.17) is 4.74 Å². The van der Waals surface area contributed by atoms with E-state index in [2.05, 4.69) is 4.98 Å². The Morgan fingerprint density at radius 2 is 1.75 bits per heavy atom. The van der Waals surface area contributed by atoms with Crippen molar-refractivity contribution in [2.24, 2.45) is 0 Å². The van der Waals surface area contributed by atoms with Crippen molar-refractivity contribution in [1.29, 1.82) is 0 Å². The zero-order valence-electron chi connectivity index (χ0n) is 15.0. The number of fused-ring (bicyclic) bond motifs is 1. The first-order chi connectivity index (χ1) is 12.9. The Bertz CT molecular complexity index is 1070. The van der Waals surface area contributed by atoms with Crippen molar-refractivity contribution in [3.8, 4) is 5.75 Å². The minimum absolute atomic E-state index is 0. The molecule has 0 saturated heterocycles. The monoisotopic (exact) mass is 422 g/mol. The zero-order chi connectivity index (χ0) is 19.4. The number of para-hydroxylation sites is 1. The summed E-state index contributed by atoms with van der Waals surface area (Å²) in [6, 6.07) is 16.8. The molecule has 0 aliphatic heterocycles. The number of carboxylic acids is 1. The SMILES string of the molecule is COc1ccc(S(=O)(=O)N(CC(=O)O)Cc2ccc3ccccc3n2)cc1.Cl. The van der Waals surface area contributed by atoms with Crippen molar-refractivity contribution in [1.82, 2.24) is 9.29 Å². The number of hydrogen-bond acceptors (Lipinski definition) is 5. The molecule has 28 heavy (non-hydrogen) atoms. The summed E-state index contributed by atoms with van der Waals surface area (Å²) >= 11 is 0. The first-order valence-electron chi connectivity index (χ1n) is 8.11. The molecule has 9 heteroatoms. The molecular weight excluding hydrogens is 404 g/mol. The molecule has 0 radical (unpaired) electrons. The van der Waals surface area contributed by atoms with Crippen LogP contribution in [-0.2, 0) is 21.4 Å². The number of methoxy groups -OCH3 is 1. The second-order valence-corrected chi connectivity index (χ2v) is 7.78. The smallest absolute Gasteiger partial charge is 0.318 e. The zero-order valence-corrected chi connectivity index (χ0v) is 16.6. The van der Waals surface area contributed by atoms with E-state index in [-0.39, 0.29) is 23.8 Å². The van der Waals surface area contributed by atoms with E-state index < -0.39 is 22.5 Å². The lowest BCUT2D eigenvalue weighted by Crippen LogP contribution is -2.35. The van der Waals surface area contributed by atoms with E-state index in [9.17, 15) is 18.3 Å². The Morgan fingerprint density at radius 1 is 1.07 bits per heavy atom. The van der Waals surface area contributed by atoms with Crippen molar-refractivity contribution in [3.05, 3.63) is 66.4 Å². The van der Waals surface area contributed by atoms with Crippen LogP contribution in [0.3, 0.4) is 0 Å². The number of halogens is 1. The molecule has 3 rings (SSSR count). The third-order valence-corrected chi connectivity index (χ3v) is 5.81. The Balaban J connectivity index is 0.00000280. The van der Waals surface area contributed by atoms with Crippen LogP contribution in [0.2, 0.25) is 0 Å². The second-order valence-electron chi connectivity index (χ2n) is 5.84. The first kappa shape index (κ1) is 21.6. The largest absolute Gasteiger partial charge is 0.497 e. The van der Waals surface area contributed by atoms with Gasteiger partial charge < -0.3 is 9.84 Å². The molecule has 0 aliphatic rings. The van der Waals surface area contributed by atoms with Gasteiger partial charge in [-0.3, -0.25) is 9.78 Å². The van der Waals surface area contributed by atoms with E-state index in [1.54, 1.807) is 6.07 Å². The number of aromatic nitrogens is 1. The van der Waals surface area contributed by atoms with Crippen LogP contribution < -0.4 is 4.74 Å². The normalized spacial score (nSPS) is 11.2. The number of hydrogen-bond donors (Lipinski definition) is 1. The summed E-state index contributed by atoms with van der Waals surface area (Å²) in [6.45, 7) is -0.811. The van der Waals surface area contributed by atoms with E-state index in [0.29, 0.717) is 17.0 Å².